The number of para-hydroxylation sites is 1. The minimum atomic E-state index is -0.403. The lowest BCUT2D eigenvalue weighted by Gasteiger charge is -2.12. The van der Waals surface area contributed by atoms with E-state index in [1.807, 2.05) is 53.2 Å². The number of methoxy groups -OCH3 is 1. The molecule has 2 unspecified atom stereocenters. The highest BCUT2D eigenvalue weighted by Gasteiger charge is 2.66. The van der Waals surface area contributed by atoms with E-state index in [1.54, 1.807) is 7.11 Å². The van der Waals surface area contributed by atoms with Gasteiger partial charge in [-0.1, -0.05) is 42.5 Å². The molecular formula is C26H23N3O2. The van der Waals surface area contributed by atoms with Crippen LogP contribution in [-0.2, 0) is 16.8 Å². The van der Waals surface area contributed by atoms with Gasteiger partial charge in [-0.3, -0.25) is 9.48 Å². The van der Waals surface area contributed by atoms with Crippen molar-refractivity contribution in [2.75, 3.05) is 19.1 Å². The van der Waals surface area contributed by atoms with Crippen molar-refractivity contribution in [2.45, 2.75) is 24.3 Å². The topological polar surface area (TPSA) is 47.4 Å². The van der Waals surface area contributed by atoms with Gasteiger partial charge in [0.05, 0.1) is 30.8 Å². The summed E-state index contributed by atoms with van der Waals surface area (Å²) in [5.74, 6) is 1.27. The molecule has 6 rings (SSSR count). The van der Waals surface area contributed by atoms with Crippen molar-refractivity contribution in [3.8, 4) is 5.75 Å². The van der Waals surface area contributed by atoms with Crippen LogP contribution in [0.2, 0.25) is 0 Å². The molecule has 4 aromatic rings. The third-order valence-corrected chi connectivity index (χ3v) is 6.96. The van der Waals surface area contributed by atoms with Crippen LogP contribution in [0.5, 0.6) is 5.75 Å². The summed E-state index contributed by atoms with van der Waals surface area (Å²) in [6.07, 6.45) is 2.78. The summed E-state index contributed by atoms with van der Waals surface area (Å²) in [6.45, 7) is 0.692. The molecule has 1 saturated carbocycles. The Morgan fingerprint density at radius 1 is 1.10 bits per heavy atom. The fraction of sp³-hybridized carbons (Fsp3) is 0.231. The Hall–Kier alpha value is -3.60. The zero-order chi connectivity index (χ0) is 21.2. The summed E-state index contributed by atoms with van der Waals surface area (Å²) in [5.41, 5.74) is 5.28. The van der Waals surface area contributed by atoms with Crippen LogP contribution in [0.1, 0.15) is 29.0 Å². The van der Waals surface area contributed by atoms with Crippen LogP contribution in [0.3, 0.4) is 0 Å². The van der Waals surface area contributed by atoms with Gasteiger partial charge in [0.1, 0.15) is 5.75 Å². The lowest BCUT2D eigenvalue weighted by Crippen LogP contribution is -2.29. The summed E-state index contributed by atoms with van der Waals surface area (Å²) in [4.78, 5) is 15.0. The Balaban J connectivity index is 1.35. The molecule has 0 N–H and O–H groups in total. The van der Waals surface area contributed by atoms with Gasteiger partial charge < -0.3 is 9.64 Å². The Labute approximate surface area is 180 Å². The van der Waals surface area contributed by atoms with Crippen LogP contribution >= 0.6 is 0 Å². The standard InChI is InChI=1S/C26H23N3O2/c1-28-23-6-4-3-5-21(23)26(25(28)30)14-22(26)18-9-10-19-15-27-29(24(19)13-18)16-17-7-11-20(31-2)12-8-17/h3-13,15,22H,14,16H2,1-2H3. The van der Waals surface area contributed by atoms with Gasteiger partial charge >= 0.3 is 0 Å². The first-order valence-electron chi connectivity index (χ1n) is 10.6. The molecule has 1 aromatic heterocycles. The third-order valence-electron chi connectivity index (χ3n) is 6.96. The second-order valence-electron chi connectivity index (χ2n) is 8.58. The van der Waals surface area contributed by atoms with Crippen molar-refractivity contribution in [1.82, 2.24) is 9.78 Å². The number of anilines is 1. The number of amides is 1. The fourth-order valence-electron chi connectivity index (χ4n) is 5.20. The van der Waals surface area contributed by atoms with Gasteiger partial charge in [-0.25, -0.2) is 0 Å². The van der Waals surface area contributed by atoms with Crippen molar-refractivity contribution in [2.24, 2.45) is 0 Å². The number of likely N-dealkylation sites (N-methyl/N-ethyl adjacent to an activating group) is 1. The normalized spacial score (nSPS) is 21.7. The number of fused-ring (bicyclic) bond motifs is 3. The van der Waals surface area contributed by atoms with Gasteiger partial charge in [0, 0.05) is 24.0 Å². The molecule has 5 heteroatoms. The van der Waals surface area contributed by atoms with Gasteiger partial charge in [0.25, 0.3) is 0 Å². The molecule has 0 saturated heterocycles. The second-order valence-corrected chi connectivity index (χ2v) is 8.58. The lowest BCUT2D eigenvalue weighted by molar-refractivity contribution is -0.120. The predicted octanol–water partition coefficient (Wildman–Crippen LogP) is 4.49. The van der Waals surface area contributed by atoms with E-state index >= 15 is 0 Å². The number of nitrogens with zero attached hydrogens (tertiary/aromatic N) is 3. The minimum Gasteiger partial charge on any atom is -0.497 e. The Bertz CT molecular complexity index is 1320. The zero-order valence-electron chi connectivity index (χ0n) is 17.6. The molecule has 0 bridgehead atoms. The molecule has 5 nitrogen and oxygen atoms in total. The fourth-order valence-corrected chi connectivity index (χ4v) is 5.20. The van der Waals surface area contributed by atoms with Crippen molar-refractivity contribution < 1.29 is 9.53 Å². The average Bonchev–Trinajstić information content (AvgIpc) is 3.40. The van der Waals surface area contributed by atoms with E-state index in [0.717, 1.165) is 28.8 Å². The molecule has 2 aliphatic rings. The van der Waals surface area contributed by atoms with Crippen LogP contribution in [0, 0.1) is 0 Å². The van der Waals surface area contributed by atoms with Gasteiger partial charge in [0.15, 0.2) is 0 Å². The van der Waals surface area contributed by atoms with Crippen molar-refractivity contribution in [3.63, 3.8) is 0 Å². The van der Waals surface area contributed by atoms with E-state index < -0.39 is 5.41 Å². The van der Waals surface area contributed by atoms with E-state index in [9.17, 15) is 4.79 Å². The first-order chi connectivity index (χ1) is 15.1. The summed E-state index contributed by atoms with van der Waals surface area (Å²) >= 11 is 0. The number of hydrogen-bond donors (Lipinski definition) is 0. The summed E-state index contributed by atoms with van der Waals surface area (Å²) < 4.78 is 7.29. The summed E-state index contributed by atoms with van der Waals surface area (Å²) in [5, 5.41) is 5.73. The highest BCUT2D eigenvalue weighted by Crippen LogP contribution is 2.66. The van der Waals surface area contributed by atoms with E-state index in [-0.39, 0.29) is 11.8 Å². The molecule has 31 heavy (non-hydrogen) atoms. The van der Waals surface area contributed by atoms with Crippen LogP contribution in [-0.4, -0.2) is 29.8 Å². The van der Waals surface area contributed by atoms with Gasteiger partial charge in [-0.15, -0.1) is 0 Å². The number of carbonyl (C=O) groups excluding carboxylic acids is 1. The highest BCUT2D eigenvalue weighted by molar-refractivity contribution is 6.11. The molecule has 2 atom stereocenters. The van der Waals surface area contributed by atoms with E-state index in [4.69, 9.17) is 4.74 Å². The molecule has 2 heterocycles. The maximum Gasteiger partial charge on any atom is 0.238 e. The van der Waals surface area contributed by atoms with Crippen molar-refractivity contribution in [1.29, 1.82) is 0 Å². The van der Waals surface area contributed by atoms with E-state index in [2.05, 4.69) is 41.5 Å². The molecule has 0 radical (unpaired) electrons. The van der Waals surface area contributed by atoms with Gasteiger partial charge in [-0.2, -0.15) is 5.10 Å². The first-order valence-corrected chi connectivity index (χ1v) is 10.6. The Kier molecular flexibility index (Phi) is 3.78. The maximum absolute atomic E-state index is 13.2. The summed E-state index contributed by atoms with van der Waals surface area (Å²) in [6, 6.07) is 22.8. The number of rotatable bonds is 4. The van der Waals surface area contributed by atoms with Gasteiger partial charge in [0.2, 0.25) is 5.91 Å². The summed E-state index contributed by atoms with van der Waals surface area (Å²) in [7, 11) is 3.56. The van der Waals surface area contributed by atoms with Crippen LogP contribution in [0.4, 0.5) is 5.69 Å². The maximum atomic E-state index is 13.2. The largest absolute Gasteiger partial charge is 0.497 e. The highest BCUT2D eigenvalue weighted by atomic mass is 16.5. The lowest BCUT2D eigenvalue weighted by atomic mass is 9.92. The minimum absolute atomic E-state index is 0.208. The monoisotopic (exact) mass is 409 g/mol. The van der Waals surface area contributed by atoms with Crippen molar-refractivity contribution >= 4 is 22.5 Å². The molecule has 1 aliphatic carbocycles. The smallest absolute Gasteiger partial charge is 0.238 e. The molecule has 154 valence electrons. The molecule has 1 spiro atoms. The van der Waals surface area contributed by atoms with Crippen LogP contribution in [0.25, 0.3) is 10.9 Å². The zero-order valence-corrected chi connectivity index (χ0v) is 17.6. The quantitative estimate of drug-likeness (QED) is 0.499. The van der Waals surface area contributed by atoms with Crippen LogP contribution in [0.15, 0.2) is 72.9 Å². The third kappa shape index (κ3) is 2.56. The second kappa shape index (κ2) is 6.45. The van der Waals surface area contributed by atoms with Crippen LogP contribution < -0.4 is 9.64 Å². The number of carbonyl (C=O) groups is 1. The van der Waals surface area contributed by atoms with Gasteiger partial charge in [-0.05, 0) is 47.4 Å². The molecule has 3 aromatic carbocycles. The molecular weight excluding hydrogens is 386 g/mol. The number of benzene rings is 3. The van der Waals surface area contributed by atoms with E-state index in [1.165, 1.54) is 16.7 Å². The van der Waals surface area contributed by atoms with E-state index in [0.29, 0.717) is 6.54 Å². The Morgan fingerprint density at radius 2 is 1.90 bits per heavy atom. The predicted molar refractivity (Wildman–Crippen MR) is 121 cm³/mol. The van der Waals surface area contributed by atoms with Crippen molar-refractivity contribution in [3.05, 3.63) is 89.6 Å². The molecule has 1 amide bonds. The Morgan fingerprint density at radius 3 is 2.71 bits per heavy atom. The first kappa shape index (κ1) is 18.2. The SMILES string of the molecule is COc1ccc(Cn2ncc3ccc(C4CC45C(=O)N(C)c4ccccc45)cc32)cc1. The number of aromatic nitrogens is 2. The molecule has 1 fully saturated rings. The molecule has 1 aliphatic heterocycles. The number of ether oxygens (including phenoxy) is 1. The average molecular weight is 409 g/mol. The number of hydrogen-bond acceptors (Lipinski definition) is 3.